The maximum atomic E-state index is 11.9. The molecule has 1 aromatic rings. The maximum absolute atomic E-state index is 11.9. The van der Waals surface area contributed by atoms with Crippen molar-refractivity contribution in [1.82, 2.24) is 4.90 Å². The Morgan fingerprint density at radius 2 is 2.22 bits per heavy atom. The molecule has 0 aromatic heterocycles. The molecular formula is C15H17NO2. The molecule has 3 nitrogen and oxygen atoms in total. The van der Waals surface area contributed by atoms with Crippen molar-refractivity contribution in [2.45, 2.75) is 19.4 Å². The van der Waals surface area contributed by atoms with Gasteiger partial charge in [-0.15, -0.1) is 12.3 Å². The van der Waals surface area contributed by atoms with Gasteiger partial charge in [0.15, 0.2) is 0 Å². The van der Waals surface area contributed by atoms with Crippen molar-refractivity contribution in [2.75, 3.05) is 13.1 Å². The molecule has 1 amide bonds. The number of terminal acetylenes is 1. The lowest BCUT2D eigenvalue weighted by molar-refractivity contribution is 0.0843. The van der Waals surface area contributed by atoms with E-state index in [1.165, 1.54) is 0 Å². The van der Waals surface area contributed by atoms with Gasteiger partial charge in [-0.2, -0.15) is 0 Å². The number of benzene rings is 1. The Balaban J connectivity index is 1.83. The molecule has 0 radical (unpaired) electrons. The Hall–Kier alpha value is -1.95. The van der Waals surface area contributed by atoms with Crippen LogP contribution in [0.25, 0.3) is 0 Å². The van der Waals surface area contributed by atoms with Crippen LogP contribution in [0.2, 0.25) is 0 Å². The van der Waals surface area contributed by atoms with E-state index >= 15 is 0 Å². The molecule has 1 atom stereocenters. The highest BCUT2D eigenvalue weighted by Crippen LogP contribution is 2.16. The third-order valence-electron chi connectivity index (χ3n) is 3.12. The van der Waals surface area contributed by atoms with Crippen LogP contribution in [0.3, 0.4) is 0 Å². The van der Waals surface area contributed by atoms with Crippen LogP contribution < -0.4 is 0 Å². The Morgan fingerprint density at radius 1 is 1.44 bits per heavy atom. The lowest BCUT2D eigenvalue weighted by atomic mass is 10.00. The van der Waals surface area contributed by atoms with Gasteiger partial charge in [0.05, 0.1) is 0 Å². The predicted octanol–water partition coefficient (Wildman–Crippen LogP) is 2.67. The van der Waals surface area contributed by atoms with Gasteiger partial charge in [0.25, 0.3) is 0 Å². The van der Waals surface area contributed by atoms with E-state index in [1.54, 1.807) is 4.90 Å². The van der Waals surface area contributed by atoms with Crippen LogP contribution in [-0.4, -0.2) is 24.1 Å². The zero-order chi connectivity index (χ0) is 12.8. The molecule has 2 rings (SSSR count). The molecule has 3 heteroatoms. The molecule has 0 spiro atoms. The number of ether oxygens (including phenoxy) is 1. The van der Waals surface area contributed by atoms with Crippen LogP contribution in [0.4, 0.5) is 4.79 Å². The minimum Gasteiger partial charge on any atom is -0.445 e. The second-order valence-corrected chi connectivity index (χ2v) is 4.49. The van der Waals surface area contributed by atoms with E-state index in [0.29, 0.717) is 13.2 Å². The zero-order valence-electron chi connectivity index (χ0n) is 10.3. The third-order valence-corrected chi connectivity index (χ3v) is 3.12. The number of piperidine rings is 1. The average Bonchev–Trinajstić information content (AvgIpc) is 2.46. The van der Waals surface area contributed by atoms with E-state index < -0.39 is 0 Å². The van der Waals surface area contributed by atoms with Gasteiger partial charge in [0.1, 0.15) is 6.61 Å². The molecule has 1 aromatic carbocycles. The highest BCUT2D eigenvalue weighted by molar-refractivity contribution is 5.67. The molecule has 0 saturated carbocycles. The Kier molecular flexibility index (Phi) is 4.25. The molecule has 1 aliphatic rings. The first kappa shape index (κ1) is 12.5. The summed E-state index contributed by atoms with van der Waals surface area (Å²) in [5.74, 6) is 2.88. The standard InChI is InChI=1S/C15H17NO2/c1-2-13-9-6-10-16(11-13)15(17)18-12-14-7-4-3-5-8-14/h1,3-5,7-8,13H,6,9-12H2/t13-/m1/s1. The monoisotopic (exact) mass is 243 g/mol. The van der Waals surface area contributed by atoms with Gasteiger partial charge in [-0.3, -0.25) is 0 Å². The van der Waals surface area contributed by atoms with E-state index in [4.69, 9.17) is 11.2 Å². The fourth-order valence-corrected chi connectivity index (χ4v) is 2.09. The summed E-state index contributed by atoms with van der Waals surface area (Å²) in [4.78, 5) is 13.6. The van der Waals surface area contributed by atoms with Crippen molar-refractivity contribution < 1.29 is 9.53 Å². The van der Waals surface area contributed by atoms with E-state index in [0.717, 1.165) is 24.9 Å². The topological polar surface area (TPSA) is 29.5 Å². The third kappa shape index (κ3) is 3.27. The Morgan fingerprint density at radius 3 is 2.94 bits per heavy atom. The fourth-order valence-electron chi connectivity index (χ4n) is 2.09. The van der Waals surface area contributed by atoms with Gasteiger partial charge < -0.3 is 9.64 Å². The molecule has 0 bridgehead atoms. The highest BCUT2D eigenvalue weighted by atomic mass is 16.6. The van der Waals surface area contributed by atoms with Crippen LogP contribution >= 0.6 is 0 Å². The van der Waals surface area contributed by atoms with Crippen molar-refractivity contribution >= 4 is 6.09 Å². The van der Waals surface area contributed by atoms with Crippen LogP contribution in [0.15, 0.2) is 30.3 Å². The number of carbonyl (C=O) groups is 1. The first-order valence-corrected chi connectivity index (χ1v) is 6.21. The quantitative estimate of drug-likeness (QED) is 0.747. The summed E-state index contributed by atoms with van der Waals surface area (Å²) in [7, 11) is 0. The molecule has 18 heavy (non-hydrogen) atoms. The minimum atomic E-state index is -0.265. The summed E-state index contributed by atoms with van der Waals surface area (Å²) in [5.41, 5.74) is 0.997. The summed E-state index contributed by atoms with van der Waals surface area (Å²) in [5, 5.41) is 0. The maximum Gasteiger partial charge on any atom is 0.410 e. The fraction of sp³-hybridized carbons (Fsp3) is 0.400. The van der Waals surface area contributed by atoms with Gasteiger partial charge in [0, 0.05) is 19.0 Å². The van der Waals surface area contributed by atoms with E-state index in [2.05, 4.69) is 5.92 Å². The van der Waals surface area contributed by atoms with E-state index in [9.17, 15) is 4.79 Å². The van der Waals surface area contributed by atoms with E-state index in [-0.39, 0.29) is 12.0 Å². The number of amides is 1. The number of carbonyl (C=O) groups excluding carboxylic acids is 1. The van der Waals surface area contributed by atoms with Crippen LogP contribution in [0, 0.1) is 18.3 Å². The Labute approximate surface area is 108 Å². The Bertz CT molecular complexity index is 436. The molecule has 0 aliphatic carbocycles. The first-order valence-electron chi connectivity index (χ1n) is 6.21. The molecule has 1 aliphatic heterocycles. The molecular weight excluding hydrogens is 226 g/mol. The number of hydrogen-bond donors (Lipinski definition) is 0. The summed E-state index contributed by atoms with van der Waals surface area (Å²) >= 11 is 0. The van der Waals surface area contributed by atoms with Crippen molar-refractivity contribution in [3.05, 3.63) is 35.9 Å². The average molecular weight is 243 g/mol. The number of likely N-dealkylation sites (tertiary alicyclic amines) is 1. The summed E-state index contributed by atoms with van der Waals surface area (Å²) in [6.45, 7) is 1.67. The zero-order valence-corrected chi connectivity index (χ0v) is 10.3. The van der Waals surface area contributed by atoms with Gasteiger partial charge in [-0.1, -0.05) is 30.3 Å². The summed E-state index contributed by atoms with van der Waals surface area (Å²) < 4.78 is 5.28. The second kappa shape index (κ2) is 6.11. The number of nitrogens with zero attached hydrogens (tertiary/aromatic N) is 1. The molecule has 1 fully saturated rings. The van der Waals surface area contributed by atoms with Crippen LogP contribution in [0.1, 0.15) is 18.4 Å². The normalized spacial score (nSPS) is 19.1. The summed E-state index contributed by atoms with van der Waals surface area (Å²) in [6, 6.07) is 9.67. The molecule has 1 saturated heterocycles. The first-order chi connectivity index (χ1) is 8.79. The number of hydrogen-bond acceptors (Lipinski definition) is 2. The molecule has 94 valence electrons. The van der Waals surface area contributed by atoms with Gasteiger partial charge in [-0.25, -0.2) is 4.79 Å². The van der Waals surface area contributed by atoms with Crippen LogP contribution in [0.5, 0.6) is 0 Å². The van der Waals surface area contributed by atoms with Gasteiger partial charge in [0.2, 0.25) is 0 Å². The highest BCUT2D eigenvalue weighted by Gasteiger charge is 2.23. The van der Waals surface area contributed by atoms with Crippen molar-refractivity contribution in [1.29, 1.82) is 0 Å². The van der Waals surface area contributed by atoms with Crippen molar-refractivity contribution in [3.8, 4) is 12.3 Å². The van der Waals surface area contributed by atoms with Crippen molar-refractivity contribution in [2.24, 2.45) is 5.92 Å². The lowest BCUT2D eigenvalue weighted by Gasteiger charge is -2.29. The summed E-state index contributed by atoms with van der Waals surface area (Å²) in [6.07, 6.45) is 7.09. The lowest BCUT2D eigenvalue weighted by Crippen LogP contribution is -2.39. The molecule has 0 N–H and O–H groups in total. The predicted molar refractivity (Wildman–Crippen MR) is 69.8 cm³/mol. The van der Waals surface area contributed by atoms with Gasteiger partial charge >= 0.3 is 6.09 Å². The molecule has 1 heterocycles. The second-order valence-electron chi connectivity index (χ2n) is 4.49. The molecule has 0 unspecified atom stereocenters. The SMILES string of the molecule is C#C[C@@H]1CCCN(C(=O)OCc2ccccc2)C1. The van der Waals surface area contributed by atoms with Crippen molar-refractivity contribution in [3.63, 3.8) is 0 Å². The number of rotatable bonds is 2. The smallest absolute Gasteiger partial charge is 0.410 e. The largest absolute Gasteiger partial charge is 0.445 e. The van der Waals surface area contributed by atoms with E-state index in [1.807, 2.05) is 30.3 Å². The van der Waals surface area contributed by atoms with Crippen LogP contribution in [-0.2, 0) is 11.3 Å². The minimum absolute atomic E-state index is 0.169. The van der Waals surface area contributed by atoms with Gasteiger partial charge in [-0.05, 0) is 18.4 Å².